The fraction of sp³-hybridized carbons (Fsp3) is 0.133. The molecule has 2 nitrogen and oxygen atoms in total. The number of nitrogens with one attached hydrogen (secondary N) is 1. The maximum atomic E-state index is 12.1. The van der Waals surface area contributed by atoms with Gasteiger partial charge in [0, 0.05) is 15.1 Å². The third kappa shape index (κ3) is 3.82. The summed E-state index contributed by atoms with van der Waals surface area (Å²) in [6.45, 7) is 1.93. The molecule has 1 atom stereocenters. The van der Waals surface area contributed by atoms with Crippen molar-refractivity contribution in [2.45, 2.75) is 13.0 Å². The molecule has 0 fully saturated rings. The number of carbonyl (C=O) groups excluding carboxylic acids is 1. The zero-order valence-electron chi connectivity index (χ0n) is 10.4. The Balaban J connectivity index is 2.11. The van der Waals surface area contributed by atoms with Gasteiger partial charge < -0.3 is 5.32 Å². The maximum Gasteiger partial charge on any atom is 0.251 e. The lowest BCUT2D eigenvalue weighted by molar-refractivity contribution is 0.0940. The summed E-state index contributed by atoms with van der Waals surface area (Å²) in [6.07, 6.45) is 0. The van der Waals surface area contributed by atoms with Crippen molar-refractivity contribution in [1.29, 1.82) is 0 Å². The van der Waals surface area contributed by atoms with E-state index in [9.17, 15) is 4.79 Å². The second-order valence-electron chi connectivity index (χ2n) is 4.26. The Kier molecular flexibility index (Phi) is 4.61. The molecule has 1 amide bonds. The Bertz CT molecular complexity index is 600. The van der Waals surface area contributed by atoms with Crippen LogP contribution < -0.4 is 5.32 Å². The highest BCUT2D eigenvalue weighted by atomic mass is 79.9. The van der Waals surface area contributed by atoms with Crippen molar-refractivity contribution < 1.29 is 4.79 Å². The monoisotopic (exact) mass is 337 g/mol. The van der Waals surface area contributed by atoms with E-state index in [1.807, 2.05) is 43.3 Å². The quantitative estimate of drug-likeness (QED) is 0.871. The Labute approximate surface area is 125 Å². The van der Waals surface area contributed by atoms with Crippen molar-refractivity contribution >= 4 is 33.4 Å². The van der Waals surface area contributed by atoms with Crippen molar-refractivity contribution in [3.63, 3.8) is 0 Å². The van der Waals surface area contributed by atoms with E-state index >= 15 is 0 Å². The van der Waals surface area contributed by atoms with Crippen LogP contribution in [0.15, 0.2) is 53.0 Å². The first-order valence-corrected chi connectivity index (χ1v) is 7.05. The molecule has 0 aliphatic heterocycles. The summed E-state index contributed by atoms with van der Waals surface area (Å²) in [6, 6.07) is 14.7. The van der Waals surface area contributed by atoms with Gasteiger partial charge in [0.2, 0.25) is 0 Å². The van der Waals surface area contributed by atoms with E-state index in [2.05, 4.69) is 21.2 Å². The van der Waals surface area contributed by atoms with Crippen LogP contribution in [-0.4, -0.2) is 5.91 Å². The van der Waals surface area contributed by atoms with Gasteiger partial charge in [0.1, 0.15) is 0 Å². The summed E-state index contributed by atoms with van der Waals surface area (Å²) < 4.78 is 0.885. The van der Waals surface area contributed by atoms with E-state index in [0.717, 1.165) is 10.0 Å². The summed E-state index contributed by atoms with van der Waals surface area (Å²) >= 11 is 9.30. The molecule has 1 unspecified atom stereocenters. The van der Waals surface area contributed by atoms with Crippen LogP contribution in [0.5, 0.6) is 0 Å². The summed E-state index contributed by atoms with van der Waals surface area (Å²) in [5.74, 6) is -0.103. The smallest absolute Gasteiger partial charge is 0.251 e. The summed E-state index contributed by atoms with van der Waals surface area (Å²) in [5.41, 5.74) is 1.61. The summed E-state index contributed by atoms with van der Waals surface area (Å²) in [7, 11) is 0. The molecule has 19 heavy (non-hydrogen) atoms. The second-order valence-corrected chi connectivity index (χ2v) is 5.61. The fourth-order valence-corrected chi connectivity index (χ4v) is 2.37. The first-order chi connectivity index (χ1) is 9.06. The molecule has 0 heterocycles. The molecule has 98 valence electrons. The minimum absolute atomic E-state index is 0.0924. The molecule has 0 aliphatic rings. The van der Waals surface area contributed by atoms with Crippen molar-refractivity contribution in [3.05, 3.63) is 69.2 Å². The number of carbonyl (C=O) groups is 1. The molecule has 2 rings (SSSR count). The molecule has 0 saturated heterocycles. The average Bonchev–Trinajstić information content (AvgIpc) is 2.38. The topological polar surface area (TPSA) is 29.1 Å². The highest BCUT2D eigenvalue weighted by molar-refractivity contribution is 9.10. The van der Waals surface area contributed by atoms with E-state index in [4.69, 9.17) is 11.6 Å². The van der Waals surface area contributed by atoms with Gasteiger partial charge in [0.05, 0.1) is 6.04 Å². The molecule has 0 aliphatic carbocycles. The fourth-order valence-electron chi connectivity index (χ4n) is 1.77. The highest BCUT2D eigenvalue weighted by Gasteiger charge is 2.11. The predicted molar refractivity (Wildman–Crippen MR) is 81.5 cm³/mol. The van der Waals surface area contributed by atoms with Crippen molar-refractivity contribution in [1.82, 2.24) is 5.32 Å². The first-order valence-electron chi connectivity index (χ1n) is 5.88. The molecular formula is C15H13BrClNO. The summed E-state index contributed by atoms with van der Waals surface area (Å²) in [4.78, 5) is 12.1. The second kappa shape index (κ2) is 6.22. The Hall–Kier alpha value is -1.32. The van der Waals surface area contributed by atoms with Crippen molar-refractivity contribution in [3.8, 4) is 0 Å². The normalized spacial score (nSPS) is 11.9. The average molecular weight is 339 g/mol. The van der Waals surface area contributed by atoms with Crippen LogP contribution >= 0.6 is 27.5 Å². The van der Waals surface area contributed by atoms with Gasteiger partial charge in [0.25, 0.3) is 5.91 Å². The van der Waals surface area contributed by atoms with Crippen LogP contribution in [0.3, 0.4) is 0 Å². The van der Waals surface area contributed by atoms with Crippen LogP contribution in [-0.2, 0) is 0 Å². The minimum Gasteiger partial charge on any atom is -0.346 e. The molecule has 0 spiro atoms. The lowest BCUT2D eigenvalue weighted by Gasteiger charge is -2.14. The van der Waals surface area contributed by atoms with Gasteiger partial charge in [-0.25, -0.2) is 0 Å². The Morgan fingerprint density at radius 3 is 2.63 bits per heavy atom. The molecule has 2 aromatic rings. The van der Waals surface area contributed by atoms with Gasteiger partial charge in [-0.15, -0.1) is 0 Å². The van der Waals surface area contributed by atoms with Crippen LogP contribution in [0.2, 0.25) is 5.02 Å². The molecule has 0 aromatic heterocycles. The Morgan fingerprint density at radius 2 is 1.95 bits per heavy atom. The number of hydrogen-bond acceptors (Lipinski definition) is 1. The standard InChI is InChI=1S/C15H13BrClNO/c1-10(11-4-3-7-14(17)9-11)18-15(19)12-5-2-6-13(16)8-12/h2-10H,1H3,(H,18,19). The van der Waals surface area contributed by atoms with E-state index in [1.54, 1.807) is 12.1 Å². The zero-order valence-corrected chi connectivity index (χ0v) is 12.7. The zero-order chi connectivity index (χ0) is 13.8. The first kappa shape index (κ1) is 14.1. The number of benzene rings is 2. The number of halogens is 2. The van der Waals surface area contributed by atoms with Gasteiger partial charge in [-0.2, -0.15) is 0 Å². The largest absolute Gasteiger partial charge is 0.346 e. The number of hydrogen-bond donors (Lipinski definition) is 1. The van der Waals surface area contributed by atoms with E-state index < -0.39 is 0 Å². The molecular weight excluding hydrogens is 326 g/mol. The van der Waals surface area contributed by atoms with Crippen molar-refractivity contribution in [2.75, 3.05) is 0 Å². The predicted octanol–water partition coefficient (Wildman–Crippen LogP) is 4.59. The molecule has 0 bridgehead atoms. The molecule has 0 saturated carbocycles. The molecule has 0 radical (unpaired) electrons. The van der Waals surface area contributed by atoms with Crippen LogP contribution in [0.4, 0.5) is 0 Å². The van der Waals surface area contributed by atoms with Crippen LogP contribution in [0.1, 0.15) is 28.9 Å². The SMILES string of the molecule is CC(NC(=O)c1cccc(Br)c1)c1cccc(Cl)c1. The number of amides is 1. The van der Waals surface area contributed by atoms with Gasteiger partial charge in [0.15, 0.2) is 0 Å². The minimum atomic E-state index is -0.103. The third-order valence-electron chi connectivity index (χ3n) is 2.78. The van der Waals surface area contributed by atoms with Crippen LogP contribution in [0, 0.1) is 0 Å². The van der Waals surface area contributed by atoms with Gasteiger partial charge in [-0.05, 0) is 42.8 Å². The highest BCUT2D eigenvalue weighted by Crippen LogP contribution is 2.18. The maximum absolute atomic E-state index is 12.1. The lowest BCUT2D eigenvalue weighted by Crippen LogP contribution is -2.26. The molecule has 4 heteroatoms. The van der Waals surface area contributed by atoms with E-state index in [-0.39, 0.29) is 11.9 Å². The summed E-state index contributed by atoms with van der Waals surface area (Å²) in [5, 5.41) is 3.62. The van der Waals surface area contributed by atoms with E-state index in [0.29, 0.717) is 10.6 Å². The van der Waals surface area contributed by atoms with Gasteiger partial charge in [-0.3, -0.25) is 4.79 Å². The lowest BCUT2D eigenvalue weighted by atomic mass is 10.1. The Morgan fingerprint density at radius 1 is 1.21 bits per heavy atom. The van der Waals surface area contributed by atoms with Gasteiger partial charge in [-0.1, -0.05) is 45.7 Å². The molecule has 2 aromatic carbocycles. The van der Waals surface area contributed by atoms with E-state index in [1.165, 1.54) is 0 Å². The number of rotatable bonds is 3. The van der Waals surface area contributed by atoms with Crippen molar-refractivity contribution in [2.24, 2.45) is 0 Å². The van der Waals surface area contributed by atoms with Gasteiger partial charge >= 0.3 is 0 Å². The van der Waals surface area contributed by atoms with Crippen LogP contribution in [0.25, 0.3) is 0 Å². The third-order valence-corrected chi connectivity index (χ3v) is 3.51. The molecule has 1 N–H and O–H groups in total.